The summed E-state index contributed by atoms with van der Waals surface area (Å²) in [4.78, 5) is 42.5. The fourth-order valence-corrected chi connectivity index (χ4v) is 3.72. The number of hydrogen-bond acceptors (Lipinski definition) is 5. The van der Waals surface area contributed by atoms with E-state index in [0.717, 1.165) is 16.6 Å². The summed E-state index contributed by atoms with van der Waals surface area (Å²) >= 11 is 0. The van der Waals surface area contributed by atoms with E-state index in [-0.39, 0.29) is 17.7 Å². The molecule has 0 bridgehead atoms. The Kier molecular flexibility index (Phi) is 6.58. The molecule has 0 radical (unpaired) electrons. The fraction of sp³-hybridized carbons (Fsp3) is 0.231. The summed E-state index contributed by atoms with van der Waals surface area (Å²) in [6.07, 6.45) is -0.563. The molecular formula is C26H26N4O4. The zero-order valence-electron chi connectivity index (χ0n) is 19.3. The van der Waals surface area contributed by atoms with Gasteiger partial charge in [-0.15, -0.1) is 0 Å². The van der Waals surface area contributed by atoms with Crippen LogP contribution in [0.4, 0.5) is 5.69 Å². The predicted molar refractivity (Wildman–Crippen MR) is 130 cm³/mol. The van der Waals surface area contributed by atoms with Gasteiger partial charge >= 0.3 is 5.97 Å². The molecule has 4 rings (SSSR count). The molecule has 0 aliphatic carbocycles. The average molecular weight is 459 g/mol. The fourth-order valence-electron chi connectivity index (χ4n) is 3.72. The molecule has 174 valence electrons. The zero-order valence-corrected chi connectivity index (χ0v) is 19.3. The van der Waals surface area contributed by atoms with Crippen LogP contribution >= 0.6 is 0 Å². The lowest BCUT2D eigenvalue weighted by Gasteiger charge is -2.13. The van der Waals surface area contributed by atoms with Crippen LogP contribution in [0, 0.1) is 6.92 Å². The highest BCUT2D eigenvalue weighted by Gasteiger charge is 2.23. The van der Waals surface area contributed by atoms with Crippen molar-refractivity contribution < 1.29 is 14.3 Å². The number of benzene rings is 2. The molecule has 0 aliphatic heterocycles. The van der Waals surface area contributed by atoms with Crippen LogP contribution in [0.5, 0.6) is 0 Å². The van der Waals surface area contributed by atoms with E-state index in [4.69, 9.17) is 4.74 Å². The number of fused-ring (bicyclic) bond motifs is 1. The third-order valence-electron chi connectivity index (χ3n) is 5.72. The third-order valence-corrected chi connectivity index (χ3v) is 5.72. The summed E-state index contributed by atoms with van der Waals surface area (Å²) in [5.74, 6) is -1.08. The van der Waals surface area contributed by atoms with Gasteiger partial charge in [-0.2, -0.15) is 0 Å². The van der Waals surface area contributed by atoms with Crippen LogP contribution in [-0.4, -0.2) is 32.3 Å². The molecule has 1 atom stereocenters. The number of aromatic nitrogens is 3. The molecule has 1 amide bonds. The van der Waals surface area contributed by atoms with Gasteiger partial charge in [-0.3, -0.25) is 24.0 Å². The number of ether oxygens (including phenoxy) is 1. The maximum absolute atomic E-state index is 13.0. The van der Waals surface area contributed by atoms with Crippen LogP contribution < -0.4 is 10.9 Å². The second-order valence-corrected chi connectivity index (χ2v) is 8.05. The topological polar surface area (TPSA) is 95.2 Å². The first kappa shape index (κ1) is 23.0. The number of nitrogens with one attached hydrogen (secondary N) is 1. The first-order valence-corrected chi connectivity index (χ1v) is 11.0. The Bertz CT molecular complexity index is 1410. The highest BCUT2D eigenvalue weighted by molar-refractivity contribution is 5.95. The normalized spacial score (nSPS) is 11.9. The number of amides is 1. The molecule has 0 fully saturated rings. The van der Waals surface area contributed by atoms with Crippen molar-refractivity contribution in [2.75, 3.05) is 5.32 Å². The van der Waals surface area contributed by atoms with Crippen molar-refractivity contribution >= 4 is 28.5 Å². The standard InChI is InChI=1S/C26H26N4O4/c1-17-24(26(33)30(29(17)3)21-10-5-4-6-11-21)28-25(32)18(2)34-23(31)16-15-20-14-13-19-9-7-8-12-22(19)27-20/h4-14,18H,15-16H2,1-3H3,(H,28,32). The summed E-state index contributed by atoms with van der Waals surface area (Å²) in [6.45, 7) is 3.22. The molecule has 2 heterocycles. The molecule has 0 saturated carbocycles. The first-order chi connectivity index (χ1) is 16.3. The molecule has 0 aliphatic rings. The monoisotopic (exact) mass is 458 g/mol. The van der Waals surface area contributed by atoms with E-state index >= 15 is 0 Å². The van der Waals surface area contributed by atoms with E-state index in [1.165, 1.54) is 11.6 Å². The van der Waals surface area contributed by atoms with Crippen LogP contribution in [0.3, 0.4) is 0 Å². The molecule has 0 saturated heterocycles. The number of hydrogen-bond donors (Lipinski definition) is 1. The summed E-state index contributed by atoms with van der Waals surface area (Å²) < 4.78 is 8.44. The molecule has 2 aromatic carbocycles. The number of anilines is 1. The molecule has 34 heavy (non-hydrogen) atoms. The Balaban J connectivity index is 1.38. The van der Waals surface area contributed by atoms with Gasteiger partial charge in [-0.05, 0) is 38.1 Å². The zero-order chi connectivity index (χ0) is 24.2. The van der Waals surface area contributed by atoms with Gasteiger partial charge in [0, 0.05) is 24.5 Å². The van der Waals surface area contributed by atoms with E-state index in [1.807, 2.05) is 54.6 Å². The van der Waals surface area contributed by atoms with Crippen LogP contribution in [0.25, 0.3) is 16.6 Å². The number of carbonyl (C=O) groups is 2. The van der Waals surface area contributed by atoms with E-state index < -0.39 is 18.0 Å². The molecule has 8 heteroatoms. The smallest absolute Gasteiger partial charge is 0.306 e. The minimum absolute atomic E-state index is 0.0914. The number of nitrogens with zero attached hydrogens (tertiary/aromatic N) is 3. The van der Waals surface area contributed by atoms with Crippen molar-refractivity contribution in [3.63, 3.8) is 0 Å². The van der Waals surface area contributed by atoms with Gasteiger partial charge in [0.1, 0.15) is 5.69 Å². The number of carbonyl (C=O) groups excluding carboxylic acids is 2. The van der Waals surface area contributed by atoms with Crippen LogP contribution in [0.15, 0.2) is 71.5 Å². The largest absolute Gasteiger partial charge is 0.453 e. The Morgan fingerprint density at radius 1 is 1.03 bits per heavy atom. The third kappa shape index (κ3) is 4.76. The molecular weight excluding hydrogens is 432 g/mol. The van der Waals surface area contributed by atoms with Gasteiger partial charge in [0.15, 0.2) is 6.10 Å². The highest BCUT2D eigenvalue weighted by Crippen LogP contribution is 2.15. The van der Waals surface area contributed by atoms with Crippen LogP contribution in [0.1, 0.15) is 24.7 Å². The summed E-state index contributed by atoms with van der Waals surface area (Å²) in [5.41, 5.74) is 2.69. The quantitative estimate of drug-likeness (QED) is 0.428. The number of para-hydroxylation sites is 2. The Morgan fingerprint density at radius 2 is 1.74 bits per heavy atom. The number of aryl methyl sites for hydroxylation is 1. The average Bonchev–Trinajstić information content (AvgIpc) is 3.06. The van der Waals surface area contributed by atoms with E-state index in [1.54, 1.807) is 30.8 Å². The number of rotatable bonds is 7. The van der Waals surface area contributed by atoms with Crippen LogP contribution in [-0.2, 0) is 27.8 Å². The minimum atomic E-state index is -1.05. The van der Waals surface area contributed by atoms with Crippen molar-refractivity contribution in [1.29, 1.82) is 0 Å². The lowest BCUT2D eigenvalue weighted by molar-refractivity contribution is -0.153. The first-order valence-electron chi connectivity index (χ1n) is 11.0. The highest BCUT2D eigenvalue weighted by atomic mass is 16.5. The number of pyridine rings is 1. The number of esters is 1. The molecule has 1 unspecified atom stereocenters. The predicted octanol–water partition coefficient (Wildman–Crippen LogP) is 3.54. The second kappa shape index (κ2) is 9.74. The summed E-state index contributed by atoms with van der Waals surface area (Å²) in [5, 5.41) is 3.66. The van der Waals surface area contributed by atoms with E-state index in [9.17, 15) is 14.4 Å². The van der Waals surface area contributed by atoms with Crippen molar-refractivity contribution in [2.45, 2.75) is 32.8 Å². The Morgan fingerprint density at radius 3 is 2.50 bits per heavy atom. The maximum atomic E-state index is 13.0. The van der Waals surface area contributed by atoms with Gasteiger partial charge in [0.05, 0.1) is 23.3 Å². The lowest BCUT2D eigenvalue weighted by atomic mass is 10.1. The van der Waals surface area contributed by atoms with Gasteiger partial charge in [0.2, 0.25) is 0 Å². The second-order valence-electron chi connectivity index (χ2n) is 8.05. The molecule has 0 spiro atoms. The van der Waals surface area contributed by atoms with Gasteiger partial charge < -0.3 is 10.1 Å². The Hall–Kier alpha value is -4.20. The molecule has 4 aromatic rings. The van der Waals surface area contributed by atoms with Crippen molar-refractivity contribution in [2.24, 2.45) is 7.05 Å². The van der Waals surface area contributed by atoms with Crippen molar-refractivity contribution in [3.05, 3.63) is 88.5 Å². The van der Waals surface area contributed by atoms with Gasteiger partial charge in [-0.1, -0.05) is 42.5 Å². The SMILES string of the molecule is Cc1c(NC(=O)C(C)OC(=O)CCc2ccc3ccccc3n2)c(=O)n(-c2ccccc2)n1C. The molecule has 1 N–H and O–H groups in total. The van der Waals surface area contributed by atoms with Crippen molar-refractivity contribution in [1.82, 2.24) is 14.3 Å². The molecule has 8 nitrogen and oxygen atoms in total. The van der Waals surface area contributed by atoms with Gasteiger partial charge in [-0.25, -0.2) is 4.68 Å². The van der Waals surface area contributed by atoms with Crippen LogP contribution in [0.2, 0.25) is 0 Å². The minimum Gasteiger partial charge on any atom is -0.453 e. The van der Waals surface area contributed by atoms with Gasteiger partial charge in [0.25, 0.3) is 11.5 Å². The summed E-state index contributed by atoms with van der Waals surface area (Å²) in [7, 11) is 1.74. The maximum Gasteiger partial charge on any atom is 0.306 e. The Labute approximate surface area is 196 Å². The van der Waals surface area contributed by atoms with Crippen molar-refractivity contribution in [3.8, 4) is 5.69 Å². The molecule has 2 aromatic heterocycles. The van der Waals surface area contributed by atoms with E-state index in [2.05, 4.69) is 10.3 Å². The lowest BCUT2D eigenvalue weighted by Crippen LogP contribution is -2.32. The summed E-state index contributed by atoms with van der Waals surface area (Å²) in [6, 6.07) is 20.7. The van der Waals surface area contributed by atoms with E-state index in [0.29, 0.717) is 17.8 Å².